The van der Waals surface area contributed by atoms with Crippen LogP contribution in [0.5, 0.6) is 5.75 Å². The van der Waals surface area contributed by atoms with Crippen LogP contribution in [0.15, 0.2) is 24.3 Å². The highest BCUT2D eigenvalue weighted by molar-refractivity contribution is 5.97. The first-order valence-corrected chi connectivity index (χ1v) is 7.57. The van der Waals surface area contributed by atoms with Crippen LogP contribution < -0.4 is 5.32 Å². The summed E-state index contributed by atoms with van der Waals surface area (Å²) in [7, 11) is 0. The minimum atomic E-state index is -0.0101. The van der Waals surface area contributed by atoms with E-state index in [-0.39, 0.29) is 11.7 Å². The molecule has 0 aliphatic carbocycles. The van der Waals surface area contributed by atoms with Gasteiger partial charge in [-0.25, -0.2) is 0 Å². The molecule has 0 spiro atoms. The summed E-state index contributed by atoms with van der Waals surface area (Å²) < 4.78 is 0. The summed E-state index contributed by atoms with van der Waals surface area (Å²) in [6, 6.07) is 7.21. The molecule has 0 bridgehead atoms. The van der Waals surface area contributed by atoms with Crippen LogP contribution in [0.3, 0.4) is 0 Å². The van der Waals surface area contributed by atoms with Crippen LogP contribution in [0.4, 0.5) is 0 Å². The molecule has 0 saturated carbocycles. The number of amides is 1. The van der Waals surface area contributed by atoms with E-state index in [1.807, 2.05) is 11.0 Å². The molecular weight excluding hydrogens is 252 g/mol. The number of para-hydroxylation sites is 1. The molecule has 108 valence electrons. The van der Waals surface area contributed by atoms with Crippen LogP contribution in [0.2, 0.25) is 0 Å². The van der Waals surface area contributed by atoms with Gasteiger partial charge in [-0.2, -0.15) is 0 Å². The molecule has 1 aromatic rings. The average Bonchev–Trinajstić information content (AvgIpc) is 2.97. The number of piperidine rings is 1. The molecule has 4 heteroatoms. The number of phenols is 1. The van der Waals surface area contributed by atoms with Crippen molar-refractivity contribution in [3.05, 3.63) is 29.8 Å². The first-order chi connectivity index (χ1) is 9.77. The molecule has 2 aliphatic rings. The second kappa shape index (κ2) is 5.83. The number of hydrogen-bond donors (Lipinski definition) is 2. The highest BCUT2D eigenvalue weighted by Crippen LogP contribution is 2.31. The van der Waals surface area contributed by atoms with Gasteiger partial charge in [0.05, 0.1) is 5.56 Å². The van der Waals surface area contributed by atoms with E-state index >= 15 is 0 Å². The van der Waals surface area contributed by atoms with Crippen LogP contribution in [-0.2, 0) is 0 Å². The lowest BCUT2D eigenvalue weighted by molar-refractivity contribution is 0.0663. The molecule has 4 nitrogen and oxygen atoms in total. The SMILES string of the molecule is O=C(c1ccccc1O)N1CCCC1C1CCNCC1. The standard InChI is InChI=1S/C16H22N2O2/c19-15-6-2-1-4-13(15)16(20)18-11-3-5-14(18)12-7-9-17-10-8-12/h1-2,4,6,12,14,17,19H,3,5,7-11H2. The molecule has 2 saturated heterocycles. The Kier molecular flexibility index (Phi) is 3.92. The Labute approximate surface area is 119 Å². The number of aromatic hydroxyl groups is 1. The van der Waals surface area contributed by atoms with E-state index in [0.717, 1.165) is 45.3 Å². The minimum absolute atomic E-state index is 0.0101. The van der Waals surface area contributed by atoms with E-state index in [1.54, 1.807) is 18.2 Å². The van der Waals surface area contributed by atoms with Crippen molar-refractivity contribution in [3.8, 4) is 5.75 Å². The number of rotatable bonds is 2. The van der Waals surface area contributed by atoms with E-state index in [0.29, 0.717) is 17.5 Å². The summed E-state index contributed by atoms with van der Waals surface area (Å²) in [6.45, 7) is 2.93. The molecule has 2 fully saturated rings. The minimum Gasteiger partial charge on any atom is -0.507 e. The monoisotopic (exact) mass is 274 g/mol. The molecule has 2 aliphatic heterocycles. The number of nitrogens with one attached hydrogen (secondary N) is 1. The maximum Gasteiger partial charge on any atom is 0.257 e. The van der Waals surface area contributed by atoms with Gasteiger partial charge < -0.3 is 15.3 Å². The third kappa shape index (κ3) is 2.52. The normalized spacial score (nSPS) is 24.0. The Morgan fingerprint density at radius 2 is 1.95 bits per heavy atom. The molecule has 2 N–H and O–H groups in total. The lowest BCUT2D eigenvalue weighted by atomic mass is 9.88. The second-order valence-electron chi connectivity index (χ2n) is 5.81. The first kappa shape index (κ1) is 13.4. The topological polar surface area (TPSA) is 52.6 Å². The third-order valence-electron chi connectivity index (χ3n) is 4.62. The Hall–Kier alpha value is -1.55. The quantitative estimate of drug-likeness (QED) is 0.867. The zero-order valence-electron chi connectivity index (χ0n) is 11.7. The van der Waals surface area contributed by atoms with Crippen molar-refractivity contribution < 1.29 is 9.90 Å². The number of nitrogens with zero attached hydrogens (tertiary/aromatic N) is 1. The van der Waals surface area contributed by atoms with Gasteiger partial charge in [0, 0.05) is 12.6 Å². The summed E-state index contributed by atoms with van der Waals surface area (Å²) >= 11 is 0. The van der Waals surface area contributed by atoms with E-state index in [4.69, 9.17) is 0 Å². The fourth-order valence-corrected chi connectivity index (χ4v) is 3.57. The van der Waals surface area contributed by atoms with E-state index in [9.17, 15) is 9.90 Å². The van der Waals surface area contributed by atoms with E-state index in [1.165, 1.54) is 0 Å². The molecule has 1 aromatic carbocycles. The lowest BCUT2D eigenvalue weighted by Crippen LogP contribution is -2.43. The van der Waals surface area contributed by atoms with Gasteiger partial charge in [-0.3, -0.25) is 4.79 Å². The van der Waals surface area contributed by atoms with Crippen molar-refractivity contribution >= 4 is 5.91 Å². The molecule has 20 heavy (non-hydrogen) atoms. The second-order valence-corrected chi connectivity index (χ2v) is 5.81. The maximum atomic E-state index is 12.7. The number of likely N-dealkylation sites (tertiary alicyclic amines) is 1. The van der Waals surface area contributed by atoms with Gasteiger partial charge in [0.15, 0.2) is 0 Å². The molecule has 0 aromatic heterocycles. The molecule has 3 rings (SSSR count). The molecule has 0 radical (unpaired) electrons. The van der Waals surface area contributed by atoms with Crippen LogP contribution in [0.1, 0.15) is 36.0 Å². The highest BCUT2D eigenvalue weighted by Gasteiger charge is 2.36. The molecular formula is C16H22N2O2. The Morgan fingerprint density at radius 1 is 1.20 bits per heavy atom. The maximum absolute atomic E-state index is 12.7. The van der Waals surface area contributed by atoms with Crippen LogP contribution in [0.25, 0.3) is 0 Å². The van der Waals surface area contributed by atoms with Gasteiger partial charge in [0.2, 0.25) is 0 Å². The zero-order valence-corrected chi connectivity index (χ0v) is 11.7. The summed E-state index contributed by atoms with van der Waals surface area (Å²) in [4.78, 5) is 14.7. The fraction of sp³-hybridized carbons (Fsp3) is 0.562. The van der Waals surface area contributed by atoms with Gasteiger partial charge in [-0.1, -0.05) is 12.1 Å². The smallest absolute Gasteiger partial charge is 0.257 e. The van der Waals surface area contributed by atoms with Crippen LogP contribution >= 0.6 is 0 Å². The predicted molar refractivity (Wildman–Crippen MR) is 77.8 cm³/mol. The summed E-state index contributed by atoms with van der Waals surface area (Å²) in [6.07, 6.45) is 4.47. The van der Waals surface area contributed by atoms with Crippen molar-refractivity contribution in [1.82, 2.24) is 10.2 Å². The fourth-order valence-electron chi connectivity index (χ4n) is 3.57. The summed E-state index contributed by atoms with van der Waals surface area (Å²) in [5.41, 5.74) is 0.438. The van der Waals surface area contributed by atoms with Crippen molar-refractivity contribution in [2.24, 2.45) is 5.92 Å². The number of carbonyl (C=O) groups excluding carboxylic acids is 1. The molecule has 1 atom stereocenters. The van der Waals surface area contributed by atoms with Gasteiger partial charge >= 0.3 is 0 Å². The average molecular weight is 274 g/mol. The molecule has 1 amide bonds. The van der Waals surface area contributed by atoms with Crippen molar-refractivity contribution in [2.45, 2.75) is 31.7 Å². The zero-order chi connectivity index (χ0) is 13.9. The first-order valence-electron chi connectivity index (χ1n) is 7.57. The van der Waals surface area contributed by atoms with Crippen LogP contribution in [0, 0.1) is 5.92 Å². The number of phenolic OH excluding ortho intramolecular Hbond substituents is 1. The highest BCUT2D eigenvalue weighted by atomic mass is 16.3. The van der Waals surface area contributed by atoms with Gasteiger partial charge in [-0.15, -0.1) is 0 Å². The van der Waals surface area contributed by atoms with Crippen molar-refractivity contribution in [1.29, 1.82) is 0 Å². The lowest BCUT2D eigenvalue weighted by Gasteiger charge is -2.34. The van der Waals surface area contributed by atoms with E-state index < -0.39 is 0 Å². The van der Waals surface area contributed by atoms with E-state index in [2.05, 4.69) is 5.32 Å². The molecule has 1 unspecified atom stereocenters. The van der Waals surface area contributed by atoms with Gasteiger partial charge in [0.1, 0.15) is 5.75 Å². The van der Waals surface area contributed by atoms with Gasteiger partial charge in [0.25, 0.3) is 5.91 Å². The number of hydrogen-bond acceptors (Lipinski definition) is 3. The molecule has 2 heterocycles. The number of benzene rings is 1. The largest absolute Gasteiger partial charge is 0.507 e. The van der Waals surface area contributed by atoms with Crippen molar-refractivity contribution in [2.75, 3.05) is 19.6 Å². The van der Waals surface area contributed by atoms with Gasteiger partial charge in [-0.05, 0) is 56.8 Å². The Bertz CT molecular complexity index is 483. The Morgan fingerprint density at radius 3 is 2.70 bits per heavy atom. The summed E-state index contributed by atoms with van der Waals surface area (Å²) in [5.74, 6) is 0.686. The Balaban J connectivity index is 1.78. The third-order valence-corrected chi connectivity index (χ3v) is 4.62. The number of carbonyl (C=O) groups is 1. The predicted octanol–water partition coefficient (Wildman–Crippen LogP) is 2.00. The van der Waals surface area contributed by atoms with Crippen LogP contribution in [-0.4, -0.2) is 41.6 Å². The summed E-state index contributed by atoms with van der Waals surface area (Å²) in [5, 5.41) is 13.3. The van der Waals surface area contributed by atoms with Crippen molar-refractivity contribution in [3.63, 3.8) is 0 Å².